The molecular formula is C28H22Br2. The molecule has 0 nitrogen and oxygen atoms in total. The van der Waals surface area contributed by atoms with Gasteiger partial charge in [0.25, 0.3) is 0 Å². The summed E-state index contributed by atoms with van der Waals surface area (Å²) in [7, 11) is 0. The second-order valence-electron chi connectivity index (χ2n) is 8.01. The fourth-order valence-corrected chi connectivity index (χ4v) is 6.29. The van der Waals surface area contributed by atoms with E-state index in [1.807, 2.05) is 0 Å². The Morgan fingerprint density at radius 1 is 0.533 bits per heavy atom. The smallest absolute Gasteiger partial charge is 0.0564 e. The maximum Gasteiger partial charge on any atom is 0.0564 e. The molecule has 5 rings (SSSR count). The van der Waals surface area contributed by atoms with E-state index in [0.29, 0.717) is 0 Å². The molecule has 0 amide bonds. The molecule has 0 saturated carbocycles. The van der Waals surface area contributed by atoms with Gasteiger partial charge in [-0.15, -0.1) is 0 Å². The van der Waals surface area contributed by atoms with Crippen molar-refractivity contribution in [1.29, 1.82) is 0 Å². The highest BCUT2D eigenvalue weighted by molar-refractivity contribution is 9.12. The minimum absolute atomic E-state index is 0.195. The molecule has 1 aliphatic carbocycles. The summed E-state index contributed by atoms with van der Waals surface area (Å²) in [5.41, 5.74) is 8.95. The largest absolute Gasteiger partial charge is 0.0823 e. The first kappa shape index (κ1) is 19.8. The molecule has 0 fully saturated rings. The SMILES string of the molecule is CC1(c2ccccc2-c2ccccc2)c2ccccc2C(Br)C(Br)c2ccccc21. The van der Waals surface area contributed by atoms with E-state index in [2.05, 4.69) is 142 Å². The Hall–Kier alpha value is -2.16. The van der Waals surface area contributed by atoms with E-state index in [9.17, 15) is 0 Å². The lowest BCUT2D eigenvalue weighted by Gasteiger charge is -2.35. The van der Waals surface area contributed by atoms with Gasteiger partial charge in [0.15, 0.2) is 0 Å². The first-order valence-electron chi connectivity index (χ1n) is 10.2. The van der Waals surface area contributed by atoms with Gasteiger partial charge in [0.05, 0.1) is 9.65 Å². The normalized spacial score (nSPS) is 22.6. The summed E-state index contributed by atoms with van der Waals surface area (Å²) in [6.07, 6.45) is 0. The lowest BCUT2D eigenvalue weighted by Crippen LogP contribution is -2.27. The van der Waals surface area contributed by atoms with Gasteiger partial charge in [0, 0.05) is 5.41 Å². The Balaban J connectivity index is 1.90. The zero-order chi connectivity index (χ0) is 20.7. The molecule has 0 N–H and O–H groups in total. The summed E-state index contributed by atoms with van der Waals surface area (Å²) in [6, 6.07) is 37.3. The molecule has 4 aromatic rings. The van der Waals surface area contributed by atoms with Gasteiger partial charge in [-0.05, 0) is 45.9 Å². The van der Waals surface area contributed by atoms with Crippen LogP contribution in [0, 0.1) is 0 Å². The number of hydrogen-bond acceptors (Lipinski definition) is 0. The van der Waals surface area contributed by atoms with Crippen LogP contribution in [0.3, 0.4) is 0 Å². The zero-order valence-electron chi connectivity index (χ0n) is 16.7. The monoisotopic (exact) mass is 516 g/mol. The average Bonchev–Trinajstić information content (AvgIpc) is 2.89. The zero-order valence-corrected chi connectivity index (χ0v) is 19.9. The topological polar surface area (TPSA) is 0 Å². The lowest BCUT2D eigenvalue weighted by atomic mass is 9.67. The molecule has 2 atom stereocenters. The molecule has 30 heavy (non-hydrogen) atoms. The highest BCUT2D eigenvalue weighted by atomic mass is 79.9. The molecule has 0 spiro atoms. The molecule has 1 aliphatic rings. The summed E-state index contributed by atoms with van der Waals surface area (Å²) in [6.45, 7) is 2.39. The van der Waals surface area contributed by atoms with Crippen molar-refractivity contribution in [2.45, 2.75) is 22.0 Å². The number of rotatable bonds is 2. The first-order chi connectivity index (χ1) is 14.6. The Morgan fingerprint density at radius 2 is 0.967 bits per heavy atom. The minimum Gasteiger partial charge on any atom is -0.0823 e. The Bertz CT molecular complexity index is 1140. The van der Waals surface area contributed by atoms with Crippen molar-refractivity contribution in [3.05, 3.63) is 131 Å². The van der Waals surface area contributed by atoms with Crippen LogP contribution < -0.4 is 0 Å². The van der Waals surface area contributed by atoms with Crippen molar-refractivity contribution >= 4 is 31.9 Å². The van der Waals surface area contributed by atoms with Gasteiger partial charge < -0.3 is 0 Å². The number of hydrogen-bond donors (Lipinski definition) is 0. The van der Waals surface area contributed by atoms with Crippen molar-refractivity contribution in [2.24, 2.45) is 0 Å². The number of benzene rings is 4. The maximum absolute atomic E-state index is 4.01. The fraction of sp³-hybridized carbons (Fsp3) is 0.143. The number of fused-ring (bicyclic) bond motifs is 2. The summed E-state index contributed by atoms with van der Waals surface area (Å²) < 4.78 is 0. The molecular weight excluding hydrogens is 496 g/mol. The van der Waals surface area contributed by atoms with E-state index in [1.165, 1.54) is 38.9 Å². The van der Waals surface area contributed by atoms with Crippen molar-refractivity contribution in [3.63, 3.8) is 0 Å². The van der Waals surface area contributed by atoms with E-state index in [-0.39, 0.29) is 15.1 Å². The second kappa shape index (κ2) is 7.83. The summed E-state index contributed by atoms with van der Waals surface area (Å²) in [5.74, 6) is 0. The van der Waals surface area contributed by atoms with Crippen LogP contribution >= 0.6 is 31.9 Å². The quantitative estimate of drug-likeness (QED) is 0.233. The lowest BCUT2D eigenvalue weighted by molar-refractivity contribution is 0.689. The van der Waals surface area contributed by atoms with Crippen LogP contribution in [-0.2, 0) is 5.41 Å². The Labute approximate surface area is 195 Å². The second-order valence-corrected chi connectivity index (χ2v) is 9.99. The predicted molar refractivity (Wildman–Crippen MR) is 134 cm³/mol. The van der Waals surface area contributed by atoms with Crippen LogP contribution in [0.1, 0.15) is 44.4 Å². The van der Waals surface area contributed by atoms with E-state index in [1.54, 1.807) is 0 Å². The van der Waals surface area contributed by atoms with Crippen LogP contribution in [0.4, 0.5) is 0 Å². The van der Waals surface area contributed by atoms with Crippen molar-refractivity contribution in [1.82, 2.24) is 0 Å². The maximum atomic E-state index is 4.01. The van der Waals surface area contributed by atoms with E-state index < -0.39 is 0 Å². The molecule has 0 heterocycles. The van der Waals surface area contributed by atoms with Gasteiger partial charge in [-0.1, -0.05) is 135 Å². The average molecular weight is 518 g/mol. The highest BCUT2D eigenvalue weighted by Gasteiger charge is 2.42. The van der Waals surface area contributed by atoms with Crippen molar-refractivity contribution in [2.75, 3.05) is 0 Å². The van der Waals surface area contributed by atoms with Gasteiger partial charge in [-0.3, -0.25) is 0 Å². The van der Waals surface area contributed by atoms with Gasteiger partial charge >= 0.3 is 0 Å². The van der Waals surface area contributed by atoms with E-state index in [0.717, 1.165) is 0 Å². The fourth-order valence-electron chi connectivity index (χ4n) is 4.92. The molecule has 0 saturated heterocycles. The Kier molecular flexibility index (Phi) is 5.16. The van der Waals surface area contributed by atoms with Gasteiger partial charge in [-0.25, -0.2) is 0 Å². The Morgan fingerprint density at radius 3 is 1.53 bits per heavy atom. The van der Waals surface area contributed by atoms with Crippen LogP contribution in [-0.4, -0.2) is 0 Å². The third-order valence-corrected chi connectivity index (χ3v) is 9.15. The molecule has 2 heteroatoms. The predicted octanol–water partition coefficient (Wildman–Crippen LogP) is 8.59. The van der Waals surface area contributed by atoms with Gasteiger partial charge in [0.1, 0.15) is 0 Å². The number of halogens is 2. The third-order valence-electron chi connectivity index (χ3n) is 6.40. The molecule has 0 bridgehead atoms. The van der Waals surface area contributed by atoms with Gasteiger partial charge in [0.2, 0.25) is 0 Å². The summed E-state index contributed by atoms with van der Waals surface area (Å²) in [4.78, 5) is 0.390. The molecule has 2 unspecified atom stereocenters. The minimum atomic E-state index is -0.284. The molecule has 4 aromatic carbocycles. The van der Waals surface area contributed by atoms with E-state index >= 15 is 0 Å². The molecule has 0 radical (unpaired) electrons. The molecule has 148 valence electrons. The van der Waals surface area contributed by atoms with Gasteiger partial charge in [-0.2, -0.15) is 0 Å². The van der Waals surface area contributed by atoms with Crippen LogP contribution in [0.2, 0.25) is 0 Å². The third kappa shape index (κ3) is 3.01. The summed E-state index contributed by atoms with van der Waals surface area (Å²) in [5, 5.41) is 0. The summed E-state index contributed by atoms with van der Waals surface area (Å²) >= 11 is 8.03. The number of alkyl halides is 2. The standard InChI is InChI=1S/C28H22Br2/c1-28(23-16-8-5-13-20(23)19-11-3-2-4-12-19)24-17-9-6-14-21(24)26(29)27(30)22-15-7-10-18-25(22)28/h2-18,26-27H,1H3. The molecule has 0 aromatic heterocycles. The van der Waals surface area contributed by atoms with Crippen LogP contribution in [0.15, 0.2) is 103 Å². The van der Waals surface area contributed by atoms with Crippen LogP contribution in [0.5, 0.6) is 0 Å². The highest BCUT2D eigenvalue weighted by Crippen LogP contribution is 2.55. The van der Waals surface area contributed by atoms with Crippen molar-refractivity contribution < 1.29 is 0 Å². The van der Waals surface area contributed by atoms with Crippen LogP contribution in [0.25, 0.3) is 11.1 Å². The molecule has 0 aliphatic heterocycles. The van der Waals surface area contributed by atoms with Crippen molar-refractivity contribution in [3.8, 4) is 11.1 Å². The van der Waals surface area contributed by atoms with E-state index in [4.69, 9.17) is 0 Å². The first-order valence-corrected chi connectivity index (χ1v) is 12.1.